The van der Waals surface area contributed by atoms with Crippen LogP contribution >= 0.6 is 0 Å². The summed E-state index contributed by atoms with van der Waals surface area (Å²) >= 11 is 0. The molecule has 17 heavy (non-hydrogen) atoms. The van der Waals surface area contributed by atoms with Gasteiger partial charge in [0.2, 0.25) is 0 Å². The van der Waals surface area contributed by atoms with Gasteiger partial charge in [-0.2, -0.15) is 0 Å². The standard InChI is InChI=1S/C8HBF4O4/c10-2-1-3(11)6(13)4(5(2)12)9-16-7(14)8(15)17-9/h1H. The molecule has 0 radical (unpaired) electrons. The lowest BCUT2D eigenvalue weighted by Crippen LogP contribution is -2.39. The Labute approximate surface area is 91.3 Å². The number of carbonyl (C=O) groups excluding carboxylic acids is 2. The second kappa shape index (κ2) is 3.76. The second-order valence-electron chi connectivity index (χ2n) is 3.02. The van der Waals surface area contributed by atoms with Crippen LogP contribution in [0.3, 0.4) is 0 Å². The highest BCUT2D eigenvalue weighted by Gasteiger charge is 2.46. The van der Waals surface area contributed by atoms with E-state index in [4.69, 9.17) is 0 Å². The van der Waals surface area contributed by atoms with E-state index in [2.05, 4.69) is 9.31 Å². The van der Waals surface area contributed by atoms with E-state index in [0.29, 0.717) is 0 Å². The molecule has 1 aromatic carbocycles. The molecule has 88 valence electrons. The molecule has 4 nitrogen and oxygen atoms in total. The van der Waals surface area contributed by atoms with Crippen molar-refractivity contribution in [1.82, 2.24) is 0 Å². The van der Waals surface area contributed by atoms with Gasteiger partial charge in [-0.15, -0.1) is 0 Å². The van der Waals surface area contributed by atoms with Gasteiger partial charge < -0.3 is 9.31 Å². The third-order valence-corrected chi connectivity index (χ3v) is 1.98. The Morgan fingerprint density at radius 2 is 1.29 bits per heavy atom. The first-order chi connectivity index (χ1) is 7.91. The fourth-order valence-corrected chi connectivity index (χ4v) is 1.23. The topological polar surface area (TPSA) is 52.6 Å². The molecule has 0 N–H and O–H groups in total. The predicted octanol–water partition coefficient (Wildman–Crippen LogP) is 0.0382. The summed E-state index contributed by atoms with van der Waals surface area (Å²) in [5, 5.41) is 0. The maximum Gasteiger partial charge on any atom is 0.643 e. The fourth-order valence-electron chi connectivity index (χ4n) is 1.23. The first kappa shape index (κ1) is 11.4. The minimum Gasteiger partial charge on any atom is -0.487 e. The van der Waals surface area contributed by atoms with Gasteiger partial charge in [0.15, 0.2) is 23.3 Å². The molecule has 1 aliphatic heterocycles. The second-order valence-corrected chi connectivity index (χ2v) is 3.02. The molecule has 0 aromatic heterocycles. The van der Waals surface area contributed by atoms with Crippen molar-refractivity contribution in [2.45, 2.75) is 0 Å². The van der Waals surface area contributed by atoms with Crippen LogP contribution in [0, 0.1) is 23.3 Å². The van der Waals surface area contributed by atoms with E-state index in [-0.39, 0.29) is 6.07 Å². The highest BCUT2D eigenvalue weighted by atomic mass is 19.2. The van der Waals surface area contributed by atoms with E-state index >= 15 is 0 Å². The summed E-state index contributed by atoms with van der Waals surface area (Å²) in [6.45, 7) is 0. The molecule has 0 amide bonds. The first-order valence-electron chi connectivity index (χ1n) is 4.16. The number of halogens is 4. The Hall–Kier alpha value is -2.06. The van der Waals surface area contributed by atoms with Gasteiger partial charge in [-0.05, 0) is 0 Å². The van der Waals surface area contributed by atoms with E-state index in [1.807, 2.05) is 0 Å². The maximum atomic E-state index is 13.2. The van der Waals surface area contributed by atoms with Gasteiger partial charge in [0.1, 0.15) is 0 Å². The third-order valence-electron chi connectivity index (χ3n) is 1.98. The molecular weight excluding hydrogens is 247 g/mol. The lowest BCUT2D eigenvalue weighted by molar-refractivity contribution is -0.150. The Morgan fingerprint density at radius 1 is 0.882 bits per heavy atom. The van der Waals surface area contributed by atoms with Gasteiger partial charge in [-0.25, -0.2) is 27.2 Å². The van der Waals surface area contributed by atoms with Crippen LogP contribution in [-0.4, -0.2) is 19.1 Å². The predicted molar refractivity (Wildman–Crippen MR) is 43.8 cm³/mol. The fraction of sp³-hybridized carbons (Fsp3) is 0. The number of hydrogen-bond acceptors (Lipinski definition) is 4. The number of hydrogen-bond donors (Lipinski definition) is 0. The number of rotatable bonds is 1. The van der Waals surface area contributed by atoms with Crippen molar-refractivity contribution in [3.05, 3.63) is 29.3 Å². The van der Waals surface area contributed by atoms with Crippen molar-refractivity contribution >= 4 is 24.5 Å². The Bertz CT molecular complexity index is 490. The van der Waals surface area contributed by atoms with Gasteiger partial charge in [-0.3, -0.25) is 0 Å². The van der Waals surface area contributed by atoms with Crippen molar-refractivity contribution < 1.29 is 36.5 Å². The van der Waals surface area contributed by atoms with E-state index in [1.165, 1.54) is 0 Å². The van der Waals surface area contributed by atoms with E-state index in [9.17, 15) is 27.2 Å². The molecular formula is C8HBF4O4. The van der Waals surface area contributed by atoms with Gasteiger partial charge in [0.25, 0.3) is 0 Å². The summed E-state index contributed by atoms with van der Waals surface area (Å²) < 4.78 is 60.2. The van der Waals surface area contributed by atoms with Crippen molar-refractivity contribution in [2.24, 2.45) is 0 Å². The van der Waals surface area contributed by atoms with Crippen molar-refractivity contribution in [3.8, 4) is 0 Å². The van der Waals surface area contributed by atoms with Gasteiger partial charge in [0, 0.05) is 6.07 Å². The molecule has 1 fully saturated rings. The summed E-state index contributed by atoms with van der Waals surface area (Å²) in [6, 6.07) is -0.0211. The number of benzene rings is 1. The van der Waals surface area contributed by atoms with Crippen LogP contribution in [0.15, 0.2) is 6.07 Å². The summed E-state index contributed by atoms with van der Waals surface area (Å²) in [6.07, 6.45) is 0. The van der Waals surface area contributed by atoms with Crippen LogP contribution in [0.1, 0.15) is 0 Å². The van der Waals surface area contributed by atoms with E-state index < -0.39 is 47.8 Å². The van der Waals surface area contributed by atoms with Crippen LogP contribution in [-0.2, 0) is 18.9 Å². The van der Waals surface area contributed by atoms with Crippen molar-refractivity contribution in [1.29, 1.82) is 0 Å². The summed E-state index contributed by atoms with van der Waals surface area (Å²) in [5.41, 5.74) is -1.30. The SMILES string of the molecule is O=C1OB(c2c(F)c(F)cc(F)c2F)OC1=O. The highest BCUT2D eigenvalue weighted by molar-refractivity contribution is 6.71. The minimum absolute atomic E-state index is 0.0211. The van der Waals surface area contributed by atoms with Gasteiger partial charge in [-0.1, -0.05) is 0 Å². The average Bonchev–Trinajstić information content (AvgIpc) is 2.57. The van der Waals surface area contributed by atoms with Crippen LogP contribution in [0.5, 0.6) is 0 Å². The molecule has 1 aliphatic rings. The van der Waals surface area contributed by atoms with E-state index in [1.54, 1.807) is 0 Å². The molecule has 2 rings (SSSR count). The third kappa shape index (κ3) is 1.73. The summed E-state index contributed by atoms with van der Waals surface area (Å²) in [4.78, 5) is 21.2. The molecule has 1 saturated heterocycles. The van der Waals surface area contributed by atoms with Gasteiger partial charge >= 0.3 is 19.1 Å². The molecule has 0 atom stereocenters. The van der Waals surface area contributed by atoms with Crippen LogP contribution in [0.2, 0.25) is 0 Å². The van der Waals surface area contributed by atoms with Crippen LogP contribution in [0.4, 0.5) is 17.6 Å². The molecule has 0 bridgehead atoms. The number of carbonyl (C=O) groups is 2. The lowest BCUT2D eigenvalue weighted by atomic mass is 9.78. The van der Waals surface area contributed by atoms with Crippen molar-refractivity contribution in [2.75, 3.05) is 0 Å². The largest absolute Gasteiger partial charge is 0.643 e. The average molecular weight is 248 g/mol. The monoisotopic (exact) mass is 248 g/mol. The van der Waals surface area contributed by atoms with Gasteiger partial charge in [0.05, 0.1) is 5.46 Å². The molecule has 0 saturated carbocycles. The Kier molecular flexibility index (Phi) is 2.53. The molecule has 9 heteroatoms. The summed E-state index contributed by atoms with van der Waals surface area (Å²) in [5.74, 6) is -9.99. The molecule has 1 aromatic rings. The van der Waals surface area contributed by atoms with Crippen LogP contribution < -0.4 is 5.46 Å². The molecule has 1 heterocycles. The smallest absolute Gasteiger partial charge is 0.487 e. The quantitative estimate of drug-likeness (QED) is 0.304. The normalized spacial score (nSPS) is 14.9. The zero-order valence-electron chi connectivity index (χ0n) is 7.80. The van der Waals surface area contributed by atoms with Crippen LogP contribution in [0.25, 0.3) is 0 Å². The molecule has 0 spiro atoms. The molecule has 0 aliphatic carbocycles. The summed E-state index contributed by atoms with van der Waals surface area (Å²) in [7, 11) is -2.12. The van der Waals surface area contributed by atoms with E-state index in [0.717, 1.165) is 0 Å². The minimum atomic E-state index is -2.12. The Morgan fingerprint density at radius 3 is 1.71 bits per heavy atom. The Balaban J connectivity index is 2.53. The van der Waals surface area contributed by atoms with Crippen molar-refractivity contribution in [3.63, 3.8) is 0 Å². The highest BCUT2D eigenvalue weighted by Crippen LogP contribution is 2.14. The zero-order valence-corrected chi connectivity index (χ0v) is 7.80. The first-order valence-corrected chi connectivity index (χ1v) is 4.16. The molecule has 0 unspecified atom stereocenters. The lowest BCUT2D eigenvalue weighted by Gasteiger charge is -2.06. The zero-order chi connectivity index (χ0) is 12.7. The maximum absolute atomic E-state index is 13.2.